The van der Waals surface area contributed by atoms with Crippen LogP contribution in [0.15, 0.2) is 69.5 Å². The second kappa shape index (κ2) is 9.66. The van der Waals surface area contributed by atoms with Crippen LogP contribution in [0.1, 0.15) is 11.1 Å². The van der Waals surface area contributed by atoms with E-state index in [-0.39, 0.29) is 40.3 Å². The molecule has 2 aromatic heterocycles. The smallest absolute Gasteiger partial charge is 0.346 e. The average molecular weight is 578 g/mol. The standard InChI is InChI=1S/C23H21FN5O6PS2/c1-38(34,35)28-15-8-9-16-17(11-15)36(32,33)27-22(25-16)19-21(30)20(18-3-2-10-37-18)26-29(23(19)31)12-13-4-6-14(24)7-5-13/h2-11,28,30,34-35H,12H2,1H3,(H2,25,27,32,33). The van der Waals surface area contributed by atoms with Crippen molar-refractivity contribution >= 4 is 52.1 Å². The fourth-order valence-corrected chi connectivity index (χ4v) is 6.41. The molecule has 0 bridgehead atoms. The van der Waals surface area contributed by atoms with E-state index in [0.717, 1.165) is 10.9 Å². The summed E-state index contributed by atoms with van der Waals surface area (Å²) in [6, 6.07) is 13.0. The predicted octanol–water partition coefficient (Wildman–Crippen LogP) is 4.26. The van der Waals surface area contributed by atoms with Gasteiger partial charge in [0.2, 0.25) is 0 Å². The van der Waals surface area contributed by atoms with Gasteiger partial charge in [0.25, 0.3) is 5.56 Å². The number of thiophene rings is 1. The van der Waals surface area contributed by atoms with Gasteiger partial charge in [0.1, 0.15) is 17.1 Å². The summed E-state index contributed by atoms with van der Waals surface area (Å²) in [4.78, 5) is 24.9. The largest absolute Gasteiger partial charge is 0.505 e. The highest BCUT2D eigenvalue weighted by Gasteiger charge is 2.34. The Labute approximate surface area is 220 Å². The molecule has 0 aliphatic carbocycles. The van der Waals surface area contributed by atoms with E-state index in [2.05, 4.69) is 19.9 Å². The number of rotatable bonds is 6. The van der Waals surface area contributed by atoms with Gasteiger partial charge in [0.05, 0.1) is 28.1 Å². The van der Waals surface area contributed by atoms with Crippen LogP contribution >= 0.6 is 29.6 Å². The third-order valence-corrected chi connectivity index (χ3v) is 8.45. The molecule has 6 N–H and O–H groups in total. The second-order valence-electron chi connectivity index (χ2n) is 8.42. The molecule has 0 amide bonds. The molecule has 1 aliphatic rings. The molecule has 1 aliphatic heterocycles. The third kappa shape index (κ3) is 5.23. The lowest BCUT2D eigenvalue weighted by Gasteiger charge is -2.30. The summed E-state index contributed by atoms with van der Waals surface area (Å²) in [5.41, 5.74) is -0.219. The summed E-state index contributed by atoms with van der Waals surface area (Å²) in [5, 5.41) is 19.9. The van der Waals surface area contributed by atoms with Crippen molar-refractivity contribution < 1.29 is 28.1 Å². The van der Waals surface area contributed by atoms with Crippen LogP contribution < -0.4 is 20.9 Å². The lowest BCUT2D eigenvalue weighted by molar-refractivity contribution is 0.464. The number of aromatic hydroxyl groups is 1. The molecule has 0 radical (unpaired) electrons. The van der Waals surface area contributed by atoms with Crippen molar-refractivity contribution in [2.75, 3.05) is 16.3 Å². The van der Waals surface area contributed by atoms with E-state index >= 15 is 0 Å². The summed E-state index contributed by atoms with van der Waals surface area (Å²) in [6.07, 6.45) is 1.16. The molecule has 3 heterocycles. The zero-order valence-corrected chi connectivity index (χ0v) is 22.1. The van der Waals surface area contributed by atoms with E-state index in [1.165, 1.54) is 53.8 Å². The van der Waals surface area contributed by atoms with Crippen molar-refractivity contribution in [2.45, 2.75) is 6.54 Å². The van der Waals surface area contributed by atoms with E-state index in [1.54, 1.807) is 17.5 Å². The highest BCUT2D eigenvalue weighted by atomic mass is 32.3. The van der Waals surface area contributed by atoms with Crippen LogP contribution in [-0.4, -0.2) is 41.0 Å². The number of nitrogens with one attached hydrogen (secondary N) is 2. The molecule has 38 heavy (non-hydrogen) atoms. The molecular formula is C23H21FN5O6PS2. The number of aromatic nitrogens is 2. The number of hydrogen-bond acceptors (Lipinski definition) is 9. The summed E-state index contributed by atoms with van der Waals surface area (Å²) < 4.78 is 53.4. The van der Waals surface area contributed by atoms with Gasteiger partial charge in [0.15, 0.2) is 11.6 Å². The normalized spacial score (nSPS) is 17.3. The third-order valence-electron chi connectivity index (χ3n) is 5.48. The SMILES string of the molecule is CS(O)(O)Nc1ccc2c(c1)P(=O)(O)N=C(c1c(O)c(-c3cccs3)nn(Cc3ccc(F)cc3)c1=O)N2. The molecule has 1 unspecified atom stereocenters. The molecule has 0 spiro atoms. The van der Waals surface area contributed by atoms with E-state index < -0.39 is 35.4 Å². The Hall–Kier alpha value is -3.52. The Bertz CT molecular complexity index is 1670. The fraction of sp³-hybridized carbons (Fsp3) is 0.0870. The van der Waals surface area contributed by atoms with Crippen LogP contribution in [0.5, 0.6) is 5.75 Å². The summed E-state index contributed by atoms with van der Waals surface area (Å²) in [6.45, 7) is -0.0656. The monoisotopic (exact) mass is 577 g/mol. The Morgan fingerprint density at radius 3 is 2.58 bits per heavy atom. The van der Waals surface area contributed by atoms with E-state index in [9.17, 15) is 32.9 Å². The molecule has 198 valence electrons. The van der Waals surface area contributed by atoms with E-state index in [4.69, 9.17) is 0 Å². The number of anilines is 2. The molecular weight excluding hydrogens is 556 g/mol. The molecule has 11 nitrogen and oxygen atoms in total. The topological polar surface area (TPSA) is 169 Å². The van der Waals surface area contributed by atoms with E-state index in [1.807, 2.05) is 0 Å². The predicted molar refractivity (Wildman–Crippen MR) is 147 cm³/mol. The molecule has 0 saturated heterocycles. The molecule has 2 aromatic carbocycles. The van der Waals surface area contributed by atoms with Gasteiger partial charge >= 0.3 is 7.52 Å². The Kier molecular flexibility index (Phi) is 6.63. The van der Waals surface area contributed by atoms with Crippen LogP contribution in [0.3, 0.4) is 0 Å². The molecule has 0 fully saturated rings. The van der Waals surface area contributed by atoms with Crippen molar-refractivity contribution in [2.24, 2.45) is 4.76 Å². The van der Waals surface area contributed by atoms with Gasteiger partial charge in [-0.2, -0.15) is 9.86 Å². The lowest BCUT2D eigenvalue weighted by atomic mass is 10.1. The Balaban J connectivity index is 1.64. The zero-order valence-electron chi connectivity index (χ0n) is 19.6. The maximum absolute atomic E-state index is 13.5. The van der Waals surface area contributed by atoms with Crippen molar-refractivity contribution in [3.63, 3.8) is 0 Å². The zero-order chi connectivity index (χ0) is 27.2. The first-order chi connectivity index (χ1) is 17.9. The van der Waals surface area contributed by atoms with Crippen molar-refractivity contribution in [3.05, 3.63) is 87.3 Å². The molecule has 5 rings (SSSR count). The van der Waals surface area contributed by atoms with Gasteiger partial charge in [-0.15, -0.1) is 22.1 Å². The number of benzene rings is 2. The number of amidine groups is 1. The van der Waals surface area contributed by atoms with Gasteiger partial charge in [-0.25, -0.2) is 9.07 Å². The van der Waals surface area contributed by atoms with Gasteiger partial charge in [0, 0.05) is 6.26 Å². The van der Waals surface area contributed by atoms with Gasteiger partial charge in [-0.1, -0.05) is 18.2 Å². The molecule has 4 aromatic rings. The minimum Gasteiger partial charge on any atom is -0.505 e. The minimum atomic E-state index is -4.48. The van der Waals surface area contributed by atoms with Crippen molar-refractivity contribution in [1.29, 1.82) is 0 Å². The Morgan fingerprint density at radius 2 is 1.92 bits per heavy atom. The first-order valence-corrected chi connectivity index (χ1v) is 15.3. The maximum Gasteiger partial charge on any atom is 0.346 e. The first-order valence-electron chi connectivity index (χ1n) is 10.9. The van der Waals surface area contributed by atoms with Gasteiger partial charge in [-0.3, -0.25) is 23.2 Å². The first kappa shape index (κ1) is 26.1. The van der Waals surface area contributed by atoms with E-state index in [0.29, 0.717) is 10.4 Å². The Morgan fingerprint density at radius 1 is 1.18 bits per heavy atom. The highest BCUT2D eigenvalue weighted by Crippen LogP contribution is 2.48. The minimum absolute atomic E-state index is 0.0625. The van der Waals surface area contributed by atoms with Crippen LogP contribution in [-0.2, 0) is 11.1 Å². The van der Waals surface area contributed by atoms with Gasteiger partial charge in [-0.05, 0) is 47.3 Å². The number of fused-ring (bicyclic) bond motifs is 1. The van der Waals surface area contributed by atoms with Crippen LogP contribution in [0.2, 0.25) is 0 Å². The van der Waals surface area contributed by atoms with Crippen LogP contribution in [0, 0.1) is 5.82 Å². The highest BCUT2D eigenvalue weighted by molar-refractivity contribution is 8.24. The average Bonchev–Trinajstić information content (AvgIpc) is 3.36. The number of hydrogen-bond donors (Lipinski definition) is 6. The summed E-state index contributed by atoms with van der Waals surface area (Å²) in [5.74, 6) is -1.31. The summed E-state index contributed by atoms with van der Waals surface area (Å²) in [7, 11) is -7.63. The van der Waals surface area contributed by atoms with Crippen molar-refractivity contribution in [3.8, 4) is 16.3 Å². The van der Waals surface area contributed by atoms with Crippen LogP contribution in [0.4, 0.5) is 15.8 Å². The quantitative estimate of drug-likeness (QED) is 0.183. The van der Waals surface area contributed by atoms with Crippen LogP contribution in [0.25, 0.3) is 10.6 Å². The number of halogens is 1. The fourth-order valence-electron chi connectivity index (χ4n) is 3.84. The second-order valence-corrected chi connectivity index (χ2v) is 13.0. The maximum atomic E-state index is 13.5. The van der Waals surface area contributed by atoms with Crippen molar-refractivity contribution in [1.82, 2.24) is 9.78 Å². The lowest BCUT2D eigenvalue weighted by Crippen LogP contribution is -2.34. The van der Waals surface area contributed by atoms with Gasteiger partial charge < -0.3 is 15.3 Å². The molecule has 1 atom stereocenters. The molecule has 0 saturated carbocycles. The molecule has 15 heteroatoms. The number of nitrogens with zero attached hydrogens (tertiary/aromatic N) is 3. The summed E-state index contributed by atoms with van der Waals surface area (Å²) >= 11 is 1.26.